The van der Waals surface area contributed by atoms with E-state index in [1.165, 1.54) is 24.3 Å². The summed E-state index contributed by atoms with van der Waals surface area (Å²) in [7, 11) is 0. The molecule has 31 heavy (non-hydrogen) atoms. The van der Waals surface area contributed by atoms with Crippen molar-refractivity contribution in [3.63, 3.8) is 0 Å². The maximum Gasteiger partial charge on any atom is 0.325 e. The first-order valence-electron chi connectivity index (χ1n) is 8.31. The van der Waals surface area contributed by atoms with Crippen molar-refractivity contribution in [3.05, 3.63) is 55.5 Å². The van der Waals surface area contributed by atoms with Crippen molar-refractivity contribution in [2.45, 2.75) is 12.1 Å². The van der Waals surface area contributed by atoms with Crippen LogP contribution in [0.1, 0.15) is 23.2 Å². The van der Waals surface area contributed by atoms with Crippen LogP contribution in [0.2, 0.25) is 20.1 Å². The number of phenols is 2. The van der Waals surface area contributed by atoms with Gasteiger partial charge in [0.15, 0.2) is 0 Å². The second-order valence-corrected chi connectivity index (χ2v) is 7.79. The van der Waals surface area contributed by atoms with Crippen LogP contribution in [-0.2, 0) is 29.7 Å². The Balaban J connectivity index is 0.00000480. The van der Waals surface area contributed by atoms with Crippen LogP contribution in [0, 0.1) is 0 Å². The molecule has 0 aliphatic rings. The molecule has 0 bridgehead atoms. The van der Waals surface area contributed by atoms with Crippen LogP contribution >= 0.6 is 46.4 Å². The minimum absolute atomic E-state index is 0. The van der Waals surface area contributed by atoms with Gasteiger partial charge in [0.1, 0.15) is 23.6 Å². The third kappa shape index (κ3) is 7.10. The summed E-state index contributed by atoms with van der Waals surface area (Å²) in [6.07, 6.45) is 0. The molecule has 169 valence electrons. The summed E-state index contributed by atoms with van der Waals surface area (Å²) >= 11 is 23.4. The molecule has 1 radical (unpaired) electrons. The fraction of sp³-hybridized carbons (Fsp3) is 0.222. The van der Waals surface area contributed by atoms with E-state index in [-0.39, 0.29) is 64.4 Å². The molecule has 2 atom stereocenters. The minimum Gasteiger partial charge on any atom is -0.506 e. The number of rotatable bonds is 9. The third-order valence-corrected chi connectivity index (χ3v) is 5.07. The zero-order chi connectivity index (χ0) is 22.6. The number of nitrogens with one attached hydrogen (secondary N) is 2. The van der Waals surface area contributed by atoms with Crippen molar-refractivity contribution in [2.24, 2.45) is 0 Å². The molecule has 2 aromatic carbocycles. The molecule has 8 nitrogen and oxygen atoms in total. The predicted octanol–water partition coefficient (Wildman–Crippen LogP) is 3.84. The molecule has 0 amide bonds. The summed E-state index contributed by atoms with van der Waals surface area (Å²) < 4.78 is 0. The van der Waals surface area contributed by atoms with Crippen molar-refractivity contribution >= 4 is 58.3 Å². The molecular formula is C18H16Cl4N2O6Tc. The number of carbonyl (C=O) groups is 2. The molecule has 0 spiro atoms. The standard InChI is InChI=1S/C18H16Cl4N2O6.Tc/c19-7-3-9(15(25)11(21)5-7)13(17(27)28)23-1-2-24-14(18(29)30)10-4-8(20)6-12(22)16(10)26;/h3-6,13-14,23-26H,1-2H2,(H,27,28)(H,29,30);/i;1+1. The number of hydrogen-bond acceptors (Lipinski definition) is 6. The molecule has 0 aliphatic heterocycles. The van der Waals surface area contributed by atoms with Gasteiger partial charge >= 0.3 is 11.9 Å². The van der Waals surface area contributed by atoms with E-state index in [9.17, 15) is 30.0 Å². The van der Waals surface area contributed by atoms with Crippen molar-refractivity contribution < 1.29 is 50.1 Å². The van der Waals surface area contributed by atoms with E-state index in [1.54, 1.807) is 0 Å². The smallest absolute Gasteiger partial charge is 0.325 e. The Kier molecular flexibility index (Phi) is 10.8. The summed E-state index contributed by atoms with van der Waals surface area (Å²) in [5.74, 6) is -3.48. The van der Waals surface area contributed by atoms with Gasteiger partial charge in [0.25, 0.3) is 0 Å². The average molecular weight is 597 g/mol. The predicted molar refractivity (Wildman–Crippen MR) is 113 cm³/mol. The summed E-state index contributed by atoms with van der Waals surface area (Å²) in [4.78, 5) is 23.2. The summed E-state index contributed by atoms with van der Waals surface area (Å²) in [6, 6.07) is 2.33. The summed E-state index contributed by atoms with van der Waals surface area (Å²) in [6.45, 7) is -0.0568. The molecule has 0 fully saturated rings. The second-order valence-electron chi connectivity index (χ2n) is 6.10. The van der Waals surface area contributed by atoms with Gasteiger partial charge < -0.3 is 20.4 Å². The fourth-order valence-electron chi connectivity index (χ4n) is 2.71. The van der Waals surface area contributed by atoms with Crippen LogP contribution in [0.25, 0.3) is 0 Å². The number of benzene rings is 2. The summed E-state index contributed by atoms with van der Waals surface area (Å²) in [5, 5.41) is 44.4. The number of carboxylic acids is 2. The molecule has 0 saturated carbocycles. The van der Waals surface area contributed by atoms with Crippen LogP contribution in [0.4, 0.5) is 0 Å². The van der Waals surface area contributed by atoms with Crippen molar-refractivity contribution in [1.82, 2.24) is 10.6 Å². The van der Waals surface area contributed by atoms with Gasteiger partial charge in [-0.3, -0.25) is 20.2 Å². The third-order valence-electron chi connectivity index (χ3n) is 4.05. The molecule has 0 saturated heterocycles. The van der Waals surface area contributed by atoms with E-state index in [0.29, 0.717) is 0 Å². The van der Waals surface area contributed by atoms with Gasteiger partial charge in [0.05, 0.1) is 10.0 Å². The van der Waals surface area contributed by atoms with Crippen LogP contribution in [-0.4, -0.2) is 45.5 Å². The summed E-state index contributed by atoms with van der Waals surface area (Å²) in [5.41, 5.74) is -0.0943. The Hall–Kier alpha value is -1.29. The first-order chi connectivity index (χ1) is 14.0. The van der Waals surface area contributed by atoms with Gasteiger partial charge in [-0.25, -0.2) is 0 Å². The molecule has 0 heterocycles. The van der Waals surface area contributed by atoms with E-state index < -0.39 is 35.5 Å². The maximum absolute atomic E-state index is 11.6. The number of hydrogen-bond donors (Lipinski definition) is 6. The molecule has 0 aromatic heterocycles. The zero-order valence-corrected chi connectivity index (χ0v) is 20.3. The number of phenolic OH excluding ortho intramolecular Hbond substituents is 2. The normalized spacial score (nSPS) is 12.6. The van der Waals surface area contributed by atoms with E-state index >= 15 is 0 Å². The first-order valence-corrected chi connectivity index (χ1v) is 9.82. The second kappa shape index (κ2) is 12.1. The molecule has 2 rings (SSSR count). The van der Waals surface area contributed by atoms with Crippen molar-refractivity contribution in [1.29, 1.82) is 0 Å². The van der Waals surface area contributed by atoms with Gasteiger partial charge in [-0.1, -0.05) is 46.4 Å². The largest absolute Gasteiger partial charge is 0.506 e. The van der Waals surface area contributed by atoms with E-state index in [4.69, 9.17) is 46.4 Å². The van der Waals surface area contributed by atoms with Crippen LogP contribution in [0.3, 0.4) is 0 Å². The molecule has 2 aromatic rings. The Morgan fingerprint density at radius 1 is 0.742 bits per heavy atom. The molecule has 2 unspecified atom stereocenters. The van der Waals surface area contributed by atoms with Crippen LogP contribution in [0.5, 0.6) is 11.5 Å². The Bertz CT molecular complexity index is 901. The van der Waals surface area contributed by atoms with Gasteiger partial charge in [0.2, 0.25) is 0 Å². The van der Waals surface area contributed by atoms with Crippen LogP contribution in [0.15, 0.2) is 24.3 Å². The SMILES string of the molecule is O=C(O)C(NCCNC(C(=O)O)c1cc(Cl)cc(Cl)c1O)c1cc(Cl)cc(Cl)c1O.[99Tc]. The van der Waals surface area contributed by atoms with E-state index in [0.717, 1.165) is 0 Å². The van der Waals surface area contributed by atoms with Crippen LogP contribution < -0.4 is 10.6 Å². The molecular weight excluding hydrogens is 581 g/mol. The van der Waals surface area contributed by atoms with E-state index in [1.807, 2.05) is 0 Å². The number of halogens is 4. The van der Waals surface area contributed by atoms with E-state index in [2.05, 4.69) is 10.6 Å². The molecule has 13 heteroatoms. The van der Waals surface area contributed by atoms with Crippen molar-refractivity contribution in [2.75, 3.05) is 13.1 Å². The van der Waals surface area contributed by atoms with Gasteiger partial charge in [0, 0.05) is 54.4 Å². The van der Waals surface area contributed by atoms with Gasteiger partial charge in [-0.2, -0.15) is 0 Å². The quantitative estimate of drug-likeness (QED) is 0.240. The number of carboxylic acid groups (broad SMARTS) is 2. The van der Waals surface area contributed by atoms with Gasteiger partial charge in [-0.15, -0.1) is 0 Å². The number of aliphatic carboxylic acids is 2. The molecule has 6 N–H and O–H groups in total. The average Bonchev–Trinajstić information content (AvgIpc) is 2.64. The Morgan fingerprint density at radius 2 is 1.06 bits per heavy atom. The monoisotopic (exact) mass is 595 g/mol. The fourth-order valence-corrected chi connectivity index (χ4v) is 3.72. The zero-order valence-electron chi connectivity index (χ0n) is 15.4. The molecule has 0 aliphatic carbocycles. The van der Waals surface area contributed by atoms with Gasteiger partial charge in [-0.05, 0) is 24.3 Å². The number of aromatic hydroxyl groups is 2. The van der Waals surface area contributed by atoms with Crippen molar-refractivity contribution in [3.8, 4) is 11.5 Å². The topological polar surface area (TPSA) is 139 Å². The Labute approximate surface area is 210 Å². The Morgan fingerprint density at radius 3 is 1.35 bits per heavy atom. The first kappa shape index (κ1) is 27.7. The minimum atomic E-state index is -1.36. The maximum atomic E-state index is 11.6.